The Morgan fingerprint density at radius 2 is 1.95 bits per heavy atom. The Labute approximate surface area is 117 Å². The highest BCUT2D eigenvalue weighted by Gasteiger charge is 2.28. The number of hydroxylamine groups is 1. The van der Waals surface area contributed by atoms with Crippen LogP contribution in [0.2, 0.25) is 0 Å². The average Bonchev–Trinajstić information content (AvgIpc) is 2.38. The van der Waals surface area contributed by atoms with Gasteiger partial charge in [-0.05, 0) is 36.6 Å². The molecule has 1 aromatic rings. The van der Waals surface area contributed by atoms with E-state index in [1.54, 1.807) is 13.8 Å². The van der Waals surface area contributed by atoms with Crippen molar-refractivity contribution in [1.29, 1.82) is 0 Å². The molecular formula is C12H17FN2O4S. The maximum atomic E-state index is 13.1. The standard InChI is InChI=1S/C12H17FN2O4S/c1-7(2)11(12(16)14-17)15-20(18,19)9-4-5-10(13)8(3)6-9/h4-7,11,15,17H,1-3H3,(H,14,16)/t11-/m1/s1. The first-order chi connectivity index (χ1) is 9.19. The molecule has 112 valence electrons. The molecule has 6 nitrogen and oxygen atoms in total. The predicted molar refractivity (Wildman–Crippen MR) is 70.0 cm³/mol. The van der Waals surface area contributed by atoms with E-state index in [2.05, 4.69) is 4.72 Å². The van der Waals surface area contributed by atoms with Crippen LogP contribution in [0.4, 0.5) is 4.39 Å². The zero-order chi connectivity index (χ0) is 15.5. The van der Waals surface area contributed by atoms with E-state index in [1.165, 1.54) is 18.5 Å². The molecule has 8 heteroatoms. The van der Waals surface area contributed by atoms with E-state index >= 15 is 0 Å². The van der Waals surface area contributed by atoms with Crippen LogP contribution in [-0.4, -0.2) is 25.6 Å². The number of carbonyl (C=O) groups excluding carboxylic acids is 1. The number of carbonyl (C=O) groups is 1. The molecule has 1 amide bonds. The lowest BCUT2D eigenvalue weighted by Gasteiger charge is -2.20. The lowest BCUT2D eigenvalue weighted by atomic mass is 10.1. The van der Waals surface area contributed by atoms with Crippen molar-refractivity contribution in [3.05, 3.63) is 29.6 Å². The molecule has 0 saturated heterocycles. The number of rotatable bonds is 5. The minimum atomic E-state index is -3.99. The molecule has 0 saturated carbocycles. The molecule has 1 aromatic carbocycles. The van der Waals surface area contributed by atoms with Gasteiger partial charge in [-0.3, -0.25) is 10.0 Å². The number of hydrogen-bond donors (Lipinski definition) is 3. The van der Waals surface area contributed by atoms with Crippen LogP contribution in [0.25, 0.3) is 0 Å². The van der Waals surface area contributed by atoms with Crippen LogP contribution in [0.1, 0.15) is 19.4 Å². The quantitative estimate of drug-likeness (QED) is 0.557. The fraction of sp³-hybridized carbons (Fsp3) is 0.417. The number of amides is 1. The van der Waals surface area contributed by atoms with Gasteiger partial charge in [-0.15, -0.1) is 0 Å². The van der Waals surface area contributed by atoms with Crippen LogP contribution < -0.4 is 10.2 Å². The first-order valence-corrected chi connectivity index (χ1v) is 7.39. The van der Waals surface area contributed by atoms with E-state index in [0.717, 1.165) is 12.1 Å². The minimum Gasteiger partial charge on any atom is -0.289 e. The highest BCUT2D eigenvalue weighted by molar-refractivity contribution is 7.89. The molecule has 0 unspecified atom stereocenters. The first-order valence-electron chi connectivity index (χ1n) is 5.91. The van der Waals surface area contributed by atoms with Crippen molar-refractivity contribution in [1.82, 2.24) is 10.2 Å². The summed E-state index contributed by atoms with van der Waals surface area (Å²) in [4.78, 5) is 11.3. The Morgan fingerprint density at radius 3 is 2.40 bits per heavy atom. The molecule has 3 N–H and O–H groups in total. The summed E-state index contributed by atoms with van der Waals surface area (Å²) < 4.78 is 39.6. The van der Waals surface area contributed by atoms with Crippen LogP contribution in [0.5, 0.6) is 0 Å². The molecule has 0 aliphatic heterocycles. The third-order valence-electron chi connectivity index (χ3n) is 2.78. The fourth-order valence-corrected chi connectivity index (χ4v) is 3.01. The van der Waals surface area contributed by atoms with Crippen LogP contribution in [-0.2, 0) is 14.8 Å². The molecule has 0 aliphatic carbocycles. The van der Waals surface area contributed by atoms with Gasteiger partial charge in [0.1, 0.15) is 11.9 Å². The SMILES string of the molecule is Cc1cc(S(=O)(=O)N[C@@H](C(=O)NO)C(C)C)ccc1F. The lowest BCUT2D eigenvalue weighted by molar-refractivity contribution is -0.131. The average molecular weight is 304 g/mol. The molecule has 1 rings (SSSR count). The van der Waals surface area contributed by atoms with Gasteiger partial charge in [0.05, 0.1) is 4.90 Å². The van der Waals surface area contributed by atoms with Crippen LogP contribution >= 0.6 is 0 Å². The number of nitrogens with one attached hydrogen (secondary N) is 2. The summed E-state index contributed by atoms with van der Waals surface area (Å²) in [6.45, 7) is 4.69. The molecule has 1 atom stereocenters. The van der Waals surface area contributed by atoms with E-state index in [9.17, 15) is 17.6 Å². The highest BCUT2D eigenvalue weighted by atomic mass is 32.2. The summed E-state index contributed by atoms with van der Waals surface area (Å²) in [7, 11) is -3.99. The summed E-state index contributed by atoms with van der Waals surface area (Å²) in [6, 6.07) is 2.20. The third-order valence-corrected chi connectivity index (χ3v) is 4.22. The van der Waals surface area contributed by atoms with Gasteiger partial charge < -0.3 is 0 Å². The van der Waals surface area contributed by atoms with Gasteiger partial charge in [0.2, 0.25) is 10.0 Å². The predicted octanol–water partition coefficient (Wildman–Crippen LogP) is 0.942. The van der Waals surface area contributed by atoms with Gasteiger partial charge in [0.15, 0.2) is 0 Å². The molecule has 0 heterocycles. The van der Waals surface area contributed by atoms with Crippen molar-refractivity contribution in [3.8, 4) is 0 Å². The van der Waals surface area contributed by atoms with E-state index in [1.807, 2.05) is 0 Å². The zero-order valence-corrected chi connectivity index (χ0v) is 12.2. The Balaban J connectivity index is 3.09. The summed E-state index contributed by atoms with van der Waals surface area (Å²) in [6.07, 6.45) is 0. The molecule has 0 fully saturated rings. The topological polar surface area (TPSA) is 95.5 Å². The van der Waals surface area contributed by atoms with Gasteiger partial charge in [-0.25, -0.2) is 18.3 Å². The molecule has 20 heavy (non-hydrogen) atoms. The van der Waals surface area contributed by atoms with Gasteiger partial charge in [0.25, 0.3) is 5.91 Å². The second-order valence-electron chi connectivity index (χ2n) is 4.73. The maximum absolute atomic E-state index is 13.1. The molecule has 0 spiro atoms. The number of aryl methyl sites for hydroxylation is 1. The summed E-state index contributed by atoms with van der Waals surface area (Å²) in [5.74, 6) is -1.75. The van der Waals surface area contributed by atoms with Crippen LogP contribution in [0.3, 0.4) is 0 Å². The van der Waals surface area contributed by atoms with Gasteiger partial charge in [0, 0.05) is 0 Å². The minimum absolute atomic E-state index is 0.146. The second-order valence-corrected chi connectivity index (χ2v) is 6.44. The highest BCUT2D eigenvalue weighted by Crippen LogP contribution is 2.15. The lowest BCUT2D eigenvalue weighted by Crippen LogP contribution is -2.48. The van der Waals surface area contributed by atoms with E-state index in [4.69, 9.17) is 5.21 Å². The van der Waals surface area contributed by atoms with Gasteiger partial charge in [-0.2, -0.15) is 4.72 Å². The molecule has 0 radical (unpaired) electrons. The summed E-state index contributed by atoms with van der Waals surface area (Å²) >= 11 is 0. The van der Waals surface area contributed by atoms with Crippen molar-refractivity contribution in [2.45, 2.75) is 31.7 Å². The molecule has 0 aromatic heterocycles. The van der Waals surface area contributed by atoms with Gasteiger partial charge in [-0.1, -0.05) is 13.8 Å². The van der Waals surface area contributed by atoms with E-state index in [0.29, 0.717) is 0 Å². The molecule has 0 bridgehead atoms. The van der Waals surface area contributed by atoms with Crippen molar-refractivity contribution >= 4 is 15.9 Å². The smallest absolute Gasteiger partial charge is 0.261 e. The van der Waals surface area contributed by atoms with Crippen LogP contribution in [0, 0.1) is 18.7 Å². The van der Waals surface area contributed by atoms with Crippen molar-refractivity contribution in [2.24, 2.45) is 5.92 Å². The molecule has 0 aliphatic rings. The first kappa shape index (κ1) is 16.5. The fourth-order valence-electron chi connectivity index (χ4n) is 1.58. The Bertz CT molecular complexity index is 601. The van der Waals surface area contributed by atoms with Crippen molar-refractivity contribution in [3.63, 3.8) is 0 Å². The molecular weight excluding hydrogens is 287 g/mol. The third kappa shape index (κ3) is 3.75. The largest absolute Gasteiger partial charge is 0.289 e. The second kappa shape index (κ2) is 6.29. The summed E-state index contributed by atoms with van der Waals surface area (Å²) in [5.41, 5.74) is 1.60. The van der Waals surface area contributed by atoms with Crippen molar-refractivity contribution in [2.75, 3.05) is 0 Å². The number of hydrogen-bond acceptors (Lipinski definition) is 4. The Hall–Kier alpha value is -1.51. The Morgan fingerprint density at radius 1 is 1.35 bits per heavy atom. The summed E-state index contributed by atoms with van der Waals surface area (Å²) in [5, 5.41) is 8.62. The van der Waals surface area contributed by atoms with Gasteiger partial charge >= 0.3 is 0 Å². The number of benzene rings is 1. The normalized spacial score (nSPS) is 13.3. The van der Waals surface area contributed by atoms with Crippen LogP contribution in [0.15, 0.2) is 23.1 Å². The number of sulfonamides is 1. The maximum Gasteiger partial charge on any atom is 0.261 e. The van der Waals surface area contributed by atoms with Crippen molar-refractivity contribution < 1.29 is 22.8 Å². The Kier molecular flexibility index (Phi) is 5.21. The monoisotopic (exact) mass is 304 g/mol. The van der Waals surface area contributed by atoms with E-state index in [-0.39, 0.29) is 16.4 Å². The van der Waals surface area contributed by atoms with E-state index < -0.39 is 27.8 Å². The number of halogens is 1. The zero-order valence-electron chi connectivity index (χ0n) is 11.3.